The van der Waals surface area contributed by atoms with Crippen LogP contribution < -0.4 is 15.1 Å². The number of benzene rings is 3. The van der Waals surface area contributed by atoms with Crippen molar-refractivity contribution < 1.29 is 19.3 Å². The lowest BCUT2D eigenvalue weighted by molar-refractivity contribution is -0.384. The number of nitro groups is 1. The second-order valence-electron chi connectivity index (χ2n) is 8.55. The number of non-ortho nitro benzene ring substituents is 1. The highest BCUT2D eigenvalue weighted by Crippen LogP contribution is 2.52. The molecule has 9 heteroatoms. The van der Waals surface area contributed by atoms with Gasteiger partial charge in [-0.2, -0.15) is 0 Å². The molecule has 176 valence electrons. The van der Waals surface area contributed by atoms with Gasteiger partial charge in [-0.1, -0.05) is 48.5 Å². The number of fused-ring (bicyclic) bond motifs is 1. The van der Waals surface area contributed by atoms with Crippen LogP contribution in [0.25, 0.3) is 0 Å². The highest BCUT2D eigenvalue weighted by Gasteiger charge is 2.62. The highest BCUT2D eigenvalue weighted by atomic mass is 16.6. The van der Waals surface area contributed by atoms with Gasteiger partial charge in [0.25, 0.3) is 11.6 Å². The number of nitrogens with zero attached hydrogens (tertiary/aromatic N) is 3. The molecule has 0 unspecified atom stereocenters. The third-order valence-corrected chi connectivity index (χ3v) is 6.71. The van der Waals surface area contributed by atoms with Crippen LogP contribution in [0.4, 0.5) is 21.9 Å². The van der Waals surface area contributed by atoms with E-state index < -0.39 is 34.2 Å². The van der Waals surface area contributed by atoms with E-state index in [1.807, 2.05) is 42.2 Å². The maximum absolute atomic E-state index is 14.3. The maximum Gasteiger partial charge on any atom is 0.335 e. The van der Waals surface area contributed by atoms with Crippen LogP contribution in [0.15, 0.2) is 78.9 Å². The second-order valence-corrected chi connectivity index (χ2v) is 8.55. The van der Waals surface area contributed by atoms with Gasteiger partial charge in [0.2, 0.25) is 5.91 Å². The molecule has 4 amide bonds. The number of amides is 4. The van der Waals surface area contributed by atoms with E-state index in [1.54, 1.807) is 36.4 Å². The van der Waals surface area contributed by atoms with E-state index in [0.29, 0.717) is 23.5 Å². The number of rotatable bonds is 4. The topological polar surface area (TPSA) is 113 Å². The molecule has 3 aromatic carbocycles. The zero-order valence-electron chi connectivity index (χ0n) is 18.9. The molecule has 3 aromatic rings. The van der Waals surface area contributed by atoms with Crippen molar-refractivity contribution >= 4 is 34.9 Å². The van der Waals surface area contributed by atoms with Crippen molar-refractivity contribution in [3.05, 3.63) is 100 Å². The smallest absolute Gasteiger partial charge is 0.335 e. The van der Waals surface area contributed by atoms with E-state index in [0.717, 1.165) is 10.5 Å². The Morgan fingerprint density at radius 3 is 2.29 bits per heavy atom. The summed E-state index contributed by atoms with van der Waals surface area (Å²) < 4.78 is 0. The van der Waals surface area contributed by atoms with Gasteiger partial charge in [-0.05, 0) is 36.2 Å². The third kappa shape index (κ3) is 3.35. The van der Waals surface area contributed by atoms with Crippen LogP contribution >= 0.6 is 0 Å². The lowest BCUT2D eigenvalue weighted by atomic mass is 9.66. The summed E-state index contributed by atoms with van der Waals surface area (Å²) in [5.74, 6) is -1.38. The fourth-order valence-corrected chi connectivity index (χ4v) is 5.22. The molecular formula is C26H22N4O5. The lowest BCUT2D eigenvalue weighted by Crippen LogP contribution is -2.69. The van der Waals surface area contributed by atoms with Crippen LogP contribution in [-0.4, -0.2) is 29.3 Å². The molecule has 9 nitrogen and oxygen atoms in total. The third-order valence-electron chi connectivity index (χ3n) is 6.71. The SMILES string of the molecule is CCN1c2ccc([N+](=O)[O-])cc2C[C@]2(C(=O)NC(=O)N(c3ccccc3)C2=O)[C@@H]1c1ccccc1. The predicted octanol–water partition coefficient (Wildman–Crippen LogP) is 3.99. The van der Waals surface area contributed by atoms with Gasteiger partial charge >= 0.3 is 6.03 Å². The van der Waals surface area contributed by atoms with Crippen molar-refractivity contribution in [2.45, 2.75) is 19.4 Å². The summed E-state index contributed by atoms with van der Waals surface area (Å²) in [5, 5.41) is 13.9. The summed E-state index contributed by atoms with van der Waals surface area (Å²) in [6, 6.07) is 20.5. The van der Waals surface area contributed by atoms with Crippen LogP contribution in [0.1, 0.15) is 24.1 Å². The van der Waals surface area contributed by atoms with Crippen LogP contribution in [0.3, 0.4) is 0 Å². The van der Waals surface area contributed by atoms with Crippen molar-refractivity contribution in [2.75, 3.05) is 16.3 Å². The Labute approximate surface area is 201 Å². The van der Waals surface area contributed by atoms with Gasteiger partial charge in [0.15, 0.2) is 5.41 Å². The van der Waals surface area contributed by atoms with E-state index >= 15 is 0 Å². The molecular weight excluding hydrogens is 448 g/mol. The number of barbiturate groups is 1. The van der Waals surface area contributed by atoms with Crippen molar-refractivity contribution in [3.8, 4) is 0 Å². The van der Waals surface area contributed by atoms with Gasteiger partial charge in [-0.3, -0.25) is 25.0 Å². The number of para-hydroxylation sites is 1. The van der Waals surface area contributed by atoms with Crippen LogP contribution in [-0.2, 0) is 16.0 Å². The second kappa shape index (κ2) is 8.35. The van der Waals surface area contributed by atoms with Gasteiger partial charge in [-0.25, -0.2) is 9.69 Å². The van der Waals surface area contributed by atoms with Gasteiger partial charge in [-0.15, -0.1) is 0 Å². The lowest BCUT2D eigenvalue weighted by Gasteiger charge is -2.51. The summed E-state index contributed by atoms with van der Waals surface area (Å²) in [7, 11) is 0. The quantitative estimate of drug-likeness (QED) is 0.351. The molecule has 35 heavy (non-hydrogen) atoms. The summed E-state index contributed by atoms with van der Waals surface area (Å²) in [6.07, 6.45) is -0.0959. The molecule has 2 aliphatic rings. The van der Waals surface area contributed by atoms with E-state index in [9.17, 15) is 24.5 Å². The first-order chi connectivity index (χ1) is 16.9. The first-order valence-electron chi connectivity index (χ1n) is 11.2. The molecule has 1 spiro atoms. The minimum absolute atomic E-state index is 0.0959. The number of imide groups is 2. The Kier molecular flexibility index (Phi) is 5.32. The van der Waals surface area contributed by atoms with E-state index in [-0.39, 0.29) is 12.1 Å². The van der Waals surface area contributed by atoms with Crippen LogP contribution in [0.2, 0.25) is 0 Å². The van der Waals surface area contributed by atoms with Crippen LogP contribution in [0, 0.1) is 15.5 Å². The molecule has 2 aliphatic heterocycles. The molecule has 1 fully saturated rings. The number of hydrogen-bond acceptors (Lipinski definition) is 6. The molecule has 1 N–H and O–H groups in total. The van der Waals surface area contributed by atoms with Gasteiger partial charge in [0, 0.05) is 30.8 Å². The van der Waals surface area contributed by atoms with Crippen molar-refractivity contribution in [1.82, 2.24) is 5.32 Å². The summed E-state index contributed by atoms with van der Waals surface area (Å²) in [4.78, 5) is 54.8. The molecule has 0 aromatic heterocycles. The molecule has 0 radical (unpaired) electrons. The minimum atomic E-state index is -1.73. The number of carbonyl (C=O) groups excluding carboxylic acids is 3. The standard InChI is InChI=1S/C26H22N4O5/c1-2-28-21-14-13-20(30(34)35)15-18(21)16-26(22(28)17-9-5-3-6-10-17)23(31)27-25(33)29(24(26)32)19-11-7-4-8-12-19/h3-15,22H,2,16H2,1H3,(H,27,31,33)/t22-,26+/m0/s1. The number of carbonyl (C=O) groups is 3. The van der Waals surface area contributed by atoms with Crippen LogP contribution in [0.5, 0.6) is 0 Å². The van der Waals surface area contributed by atoms with Crippen molar-refractivity contribution in [1.29, 1.82) is 0 Å². The van der Waals surface area contributed by atoms with E-state index in [1.165, 1.54) is 12.1 Å². The molecule has 0 saturated carbocycles. The summed E-state index contributed by atoms with van der Waals surface area (Å²) in [5.41, 5.74) is 0.405. The zero-order chi connectivity index (χ0) is 24.7. The van der Waals surface area contributed by atoms with E-state index in [4.69, 9.17) is 0 Å². The number of nitrogens with one attached hydrogen (secondary N) is 1. The number of hydrogen-bond donors (Lipinski definition) is 1. The number of urea groups is 1. The molecule has 5 rings (SSSR count). The zero-order valence-corrected chi connectivity index (χ0v) is 18.9. The monoisotopic (exact) mass is 470 g/mol. The minimum Gasteiger partial charge on any atom is -0.363 e. The van der Waals surface area contributed by atoms with Gasteiger partial charge < -0.3 is 4.90 Å². The van der Waals surface area contributed by atoms with Crippen molar-refractivity contribution in [3.63, 3.8) is 0 Å². The average molecular weight is 470 g/mol. The summed E-state index contributed by atoms with van der Waals surface area (Å²) >= 11 is 0. The largest absolute Gasteiger partial charge is 0.363 e. The molecule has 2 atom stereocenters. The Morgan fingerprint density at radius 1 is 1.00 bits per heavy atom. The number of anilines is 2. The fraction of sp³-hybridized carbons (Fsp3) is 0.192. The molecule has 2 heterocycles. The predicted molar refractivity (Wildman–Crippen MR) is 129 cm³/mol. The molecule has 1 saturated heterocycles. The first kappa shape index (κ1) is 22.3. The van der Waals surface area contributed by atoms with Crippen molar-refractivity contribution in [2.24, 2.45) is 5.41 Å². The number of nitro benzene ring substituents is 1. The normalized spacial score (nSPS) is 21.6. The fourth-order valence-electron chi connectivity index (χ4n) is 5.22. The highest BCUT2D eigenvalue weighted by molar-refractivity contribution is 6.30. The molecule has 0 aliphatic carbocycles. The van der Waals surface area contributed by atoms with Gasteiger partial charge in [0.05, 0.1) is 16.7 Å². The Balaban J connectivity index is 1.77. The Bertz CT molecular complexity index is 1340. The average Bonchev–Trinajstić information content (AvgIpc) is 2.87. The Hall–Kier alpha value is -4.53. The maximum atomic E-state index is 14.3. The van der Waals surface area contributed by atoms with E-state index in [2.05, 4.69) is 5.32 Å². The van der Waals surface area contributed by atoms with Gasteiger partial charge in [0.1, 0.15) is 0 Å². The first-order valence-corrected chi connectivity index (χ1v) is 11.2. The molecule has 0 bridgehead atoms. The summed E-state index contributed by atoms with van der Waals surface area (Å²) in [6.45, 7) is 2.32. The Morgan fingerprint density at radius 2 is 1.66 bits per heavy atom.